The van der Waals surface area contributed by atoms with Crippen molar-refractivity contribution in [3.8, 4) is 11.5 Å². The molecule has 2 rings (SSSR count). The Morgan fingerprint density at radius 3 is 2.70 bits per heavy atom. The first-order chi connectivity index (χ1) is 4.97. The lowest BCUT2D eigenvalue weighted by atomic mass is 10.3. The van der Waals surface area contributed by atoms with Crippen molar-refractivity contribution in [2.24, 2.45) is 0 Å². The van der Waals surface area contributed by atoms with E-state index in [2.05, 4.69) is 4.89 Å². The van der Waals surface area contributed by atoms with Crippen LogP contribution in [0.3, 0.4) is 0 Å². The third-order valence-corrected chi connectivity index (χ3v) is 1.26. The first-order valence-corrected chi connectivity index (χ1v) is 2.98. The molecule has 1 aromatic carbocycles. The molecule has 10 heavy (non-hydrogen) atoms. The second-order valence-electron chi connectivity index (χ2n) is 1.91. The fraction of sp³-hybridized carbons (Fsp3) is 0.143. The first kappa shape index (κ1) is 5.56. The van der Waals surface area contributed by atoms with E-state index in [0.29, 0.717) is 5.75 Å². The Hall–Kier alpha value is -1.22. The topological polar surface area (TPSA) is 27.7 Å². The zero-order valence-electron chi connectivity index (χ0n) is 5.24. The summed E-state index contributed by atoms with van der Waals surface area (Å²) in [5.41, 5.74) is 0. The van der Waals surface area contributed by atoms with Crippen LogP contribution in [0.5, 0.6) is 11.5 Å². The summed E-state index contributed by atoms with van der Waals surface area (Å²) in [5.74, 6) is 1.36. The van der Waals surface area contributed by atoms with Crippen molar-refractivity contribution in [1.29, 1.82) is 0 Å². The van der Waals surface area contributed by atoms with Crippen molar-refractivity contribution in [3.05, 3.63) is 24.3 Å². The number of benzene rings is 1. The molecular weight excluding hydrogens is 132 g/mol. The van der Waals surface area contributed by atoms with Crippen molar-refractivity contribution < 1.29 is 14.5 Å². The lowest BCUT2D eigenvalue weighted by molar-refractivity contribution is -0.263. The van der Waals surface area contributed by atoms with Gasteiger partial charge >= 0.3 is 0 Å². The highest BCUT2D eigenvalue weighted by molar-refractivity contribution is 5.39. The molecule has 0 bridgehead atoms. The van der Waals surface area contributed by atoms with Crippen molar-refractivity contribution in [3.63, 3.8) is 0 Å². The zero-order chi connectivity index (χ0) is 6.81. The van der Waals surface area contributed by atoms with Gasteiger partial charge in [0.15, 0.2) is 5.75 Å². The summed E-state index contributed by atoms with van der Waals surface area (Å²) in [6, 6.07) is 7.36. The summed E-state index contributed by atoms with van der Waals surface area (Å²) < 4.78 is 5.08. The van der Waals surface area contributed by atoms with Crippen molar-refractivity contribution in [2.45, 2.75) is 0 Å². The fourth-order valence-electron chi connectivity index (χ4n) is 0.813. The summed E-state index contributed by atoms with van der Waals surface area (Å²) in [5, 5.41) is 0. The minimum atomic E-state index is 0.164. The Morgan fingerprint density at radius 1 is 1.10 bits per heavy atom. The van der Waals surface area contributed by atoms with E-state index in [9.17, 15) is 0 Å². The average molecular weight is 138 g/mol. The number of ether oxygens (including phenoxy) is 1. The van der Waals surface area contributed by atoms with Gasteiger partial charge < -0.3 is 9.62 Å². The molecule has 0 atom stereocenters. The van der Waals surface area contributed by atoms with Crippen LogP contribution in [0, 0.1) is 0 Å². The van der Waals surface area contributed by atoms with E-state index >= 15 is 0 Å². The molecule has 0 aromatic heterocycles. The molecule has 0 saturated heterocycles. The molecule has 0 spiro atoms. The van der Waals surface area contributed by atoms with Gasteiger partial charge in [-0.15, -0.1) is 4.89 Å². The maximum Gasteiger partial charge on any atom is 0.232 e. The summed E-state index contributed by atoms with van der Waals surface area (Å²) >= 11 is 0. The predicted molar refractivity (Wildman–Crippen MR) is 33.6 cm³/mol. The Bertz CT molecular complexity index is 209. The molecule has 1 aliphatic heterocycles. The van der Waals surface area contributed by atoms with Gasteiger partial charge in [0, 0.05) is 0 Å². The summed E-state index contributed by atoms with van der Waals surface area (Å²) in [6.07, 6.45) is 0. The van der Waals surface area contributed by atoms with E-state index < -0.39 is 0 Å². The third-order valence-electron chi connectivity index (χ3n) is 1.26. The number of hydrogen-bond acceptors (Lipinski definition) is 3. The summed E-state index contributed by atoms with van der Waals surface area (Å²) in [4.78, 5) is 9.37. The van der Waals surface area contributed by atoms with Crippen LogP contribution < -0.4 is 9.62 Å². The molecule has 0 aliphatic carbocycles. The van der Waals surface area contributed by atoms with Gasteiger partial charge in [0.25, 0.3) is 0 Å². The third kappa shape index (κ3) is 0.804. The van der Waals surface area contributed by atoms with E-state index in [-0.39, 0.29) is 6.79 Å². The molecule has 1 aromatic rings. The van der Waals surface area contributed by atoms with E-state index in [1.165, 1.54) is 0 Å². The van der Waals surface area contributed by atoms with Crippen LogP contribution in [0.15, 0.2) is 24.3 Å². The smallest absolute Gasteiger partial charge is 0.232 e. The number of hydrogen-bond donors (Lipinski definition) is 0. The largest absolute Gasteiger partial charge is 0.459 e. The first-order valence-electron chi connectivity index (χ1n) is 2.98. The number of para-hydroxylation sites is 2. The molecule has 52 valence electrons. The normalized spacial score (nSPS) is 14.8. The van der Waals surface area contributed by atoms with Gasteiger partial charge in [-0.25, -0.2) is 0 Å². The minimum Gasteiger partial charge on any atom is -0.459 e. The van der Waals surface area contributed by atoms with Gasteiger partial charge in [-0.1, -0.05) is 12.1 Å². The van der Waals surface area contributed by atoms with Crippen molar-refractivity contribution in [1.82, 2.24) is 0 Å². The van der Waals surface area contributed by atoms with Crippen LogP contribution >= 0.6 is 0 Å². The molecule has 0 radical (unpaired) electrons. The average Bonchev–Trinajstić information content (AvgIpc) is 2.05. The van der Waals surface area contributed by atoms with Crippen LogP contribution in [0.4, 0.5) is 0 Å². The maximum absolute atomic E-state index is 5.08. The lowest BCUT2D eigenvalue weighted by Gasteiger charge is -2.15. The van der Waals surface area contributed by atoms with Crippen LogP contribution in [-0.4, -0.2) is 6.79 Å². The van der Waals surface area contributed by atoms with Crippen LogP contribution in [0.2, 0.25) is 0 Å². The minimum absolute atomic E-state index is 0.164. The highest BCUT2D eigenvalue weighted by Gasteiger charge is 2.09. The predicted octanol–water partition coefficient (Wildman–Crippen LogP) is 1.35. The molecule has 0 N–H and O–H groups in total. The molecule has 3 heteroatoms. The van der Waals surface area contributed by atoms with Crippen LogP contribution in [0.25, 0.3) is 0 Å². The molecule has 1 heterocycles. The van der Waals surface area contributed by atoms with E-state index in [0.717, 1.165) is 5.75 Å². The lowest BCUT2D eigenvalue weighted by Crippen LogP contribution is -2.12. The van der Waals surface area contributed by atoms with Crippen molar-refractivity contribution in [2.75, 3.05) is 6.79 Å². The maximum atomic E-state index is 5.08. The van der Waals surface area contributed by atoms with E-state index in [1.54, 1.807) is 6.07 Å². The molecular formula is C7H6O3. The van der Waals surface area contributed by atoms with Gasteiger partial charge in [0.1, 0.15) is 0 Å². The van der Waals surface area contributed by atoms with Crippen LogP contribution in [0.1, 0.15) is 0 Å². The second kappa shape index (κ2) is 2.19. The van der Waals surface area contributed by atoms with Crippen molar-refractivity contribution >= 4 is 0 Å². The Kier molecular flexibility index (Phi) is 1.22. The summed E-state index contributed by atoms with van der Waals surface area (Å²) in [7, 11) is 0. The Morgan fingerprint density at radius 2 is 1.90 bits per heavy atom. The number of fused-ring (bicyclic) bond motifs is 1. The second-order valence-corrected chi connectivity index (χ2v) is 1.91. The molecule has 0 amide bonds. The standard InChI is InChI=1S/C7H6O3/c1-2-4-7-6(3-1)8-5-9-10-7/h1-4H,5H2. The molecule has 0 fully saturated rings. The molecule has 0 unspecified atom stereocenters. The van der Waals surface area contributed by atoms with Gasteiger partial charge in [-0.3, -0.25) is 0 Å². The van der Waals surface area contributed by atoms with Gasteiger partial charge in [-0.05, 0) is 12.1 Å². The zero-order valence-corrected chi connectivity index (χ0v) is 5.24. The Balaban J connectivity index is 2.41. The van der Waals surface area contributed by atoms with Gasteiger partial charge in [0.05, 0.1) is 0 Å². The highest BCUT2D eigenvalue weighted by atomic mass is 17.2. The molecule has 3 nitrogen and oxygen atoms in total. The number of rotatable bonds is 0. The molecule has 0 saturated carbocycles. The molecule has 1 aliphatic rings. The van der Waals surface area contributed by atoms with E-state index in [4.69, 9.17) is 9.62 Å². The monoisotopic (exact) mass is 138 g/mol. The summed E-state index contributed by atoms with van der Waals surface area (Å²) in [6.45, 7) is 0.164. The van der Waals surface area contributed by atoms with E-state index in [1.807, 2.05) is 18.2 Å². The Labute approximate surface area is 58.1 Å². The van der Waals surface area contributed by atoms with Gasteiger partial charge in [-0.2, -0.15) is 0 Å². The van der Waals surface area contributed by atoms with Crippen LogP contribution in [-0.2, 0) is 4.89 Å². The quantitative estimate of drug-likeness (QED) is 0.506. The fourth-order valence-corrected chi connectivity index (χ4v) is 0.813. The van der Waals surface area contributed by atoms with Gasteiger partial charge in [0.2, 0.25) is 12.5 Å². The highest BCUT2D eigenvalue weighted by Crippen LogP contribution is 2.28. The SMILES string of the molecule is c1ccc2c(c1)OCOO2.